The van der Waals surface area contributed by atoms with Crippen LogP contribution in [0.4, 0.5) is 9.59 Å². The lowest BCUT2D eigenvalue weighted by molar-refractivity contribution is 0.0278. The third-order valence-electron chi connectivity index (χ3n) is 5.23. The molecule has 3 rings (SSSR count). The summed E-state index contributed by atoms with van der Waals surface area (Å²) in [4.78, 5) is 30.1. The Morgan fingerprint density at radius 3 is 2.52 bits per heavy atom. The monoisotopic (exact) mass is 374 g/mol. The second kappa shape index (κ2) is 8.15. The molecular weight excluding hydrogens is 344 g/mol. The van der Waals surface area contributed by atoms with Crippen LogP contribution >= 0.6 is 0 Å². The smallest absolute Gasteiger partial charge is 0.410 e. The molecule has 0 spiro atoms. The van der Waals surface area contributed by atoms with E-state index in [9.17, 15) is 9.59 Å². The number of likely N-dealkylation sites (tertiary alicyclic amines) is 1. The molecule has 1 saturated carbocycles. The summed E-state index contributed by atoms with van der Waals surface area (Å²) in [6, 6.07) is 3.64. The van der Waals surface area contributed by atoms with Gasteiger partial charge < -0.3 is 20.3 Å². The first kappa shape index (κ1) is 19.5. The van der Waals surface area contributed by atoms with Crippen molar-refractivity contribution in [3.8, 4) is 0 Å². The van der Waals surface area contributed by atoms with E-state index < -0.39 is 5.60 Å². The summed E-state index contributed by atoms with van der Waals surface area (Å²) >= 11 is 0. The van der Waals surface area contributed by atoms with Gasteiger partial charge in [-0.3, -0.25) is 4.98 Å². The van der Waals surface area contributed by atoms with E-state index in [-0.39, 0.29) is 12.1 Å². The van der Waals surface area contributed by atoms with Gasteiger partial charge in [0.05, 0.1) is 0 Å². The summed E-state index contributed by atoms with van der Waals surface area (Å²) in [6.07, 6.45) is 5.35. The van der Waals surface area contributed by atoms with Gasteiger partial charge in [0.1, 0.15) is 5.60 Å². The first-order valence-electron chi connectivity index (χ1n) is 9.68. The van der Waals surface area contributed by atoms with Crippen molar-refractivity contribution < 1.29 is 14.3 Å². The molecule has 0 aromatic carbocycles. The molecule has 1 aliphatic carbocycles. The fourth-order valence-electron chi connectivity index (χ4n) is 4.05. The van der Waals surface area contributed by atoms with E-state index in [1.165, 1.54) is 0 Å². The highest BCUT2D eigenvalue weighted by Gasteiger charge is 2.43. The minimum Gasteiger partial charge on any atom is -0.444 e. The molecule has 3 amide bonds. The molecule has 2 heterocycles. The van der Waals surface area contributed by atoms with E-state index in [0.717, 1.165) is 31.5 Å². The summed E-state index contributed by atoms with van der Waals surface area (Å²) in [5.74, 6) is 1.51. The van der Waals surface area contributed by atoms with E-state index in [1.807, 2.05) is 37.8 Å². The molecule has 2 aliphatic rings. The van der Waals surface area contributed by atoms with Gasteiger partial charge in [-0.05, 0) is 63.0 Å². The number of urea groups is 1. The predicted molar refractivity (Wildman–Crippen MR) is 102 cm³/mol. The summed E-state index contributed by atoms with van der Waals surface area (Å²) in [5.41, 5.74) is 0.523. The lowest BCUT2D eigenvalue weighted by atomic mass is 10.0. The molecule has 27 heavy (non-hydrogen) atoms. The molecule has 1 saturated heterocycles. The van der Waals surface area contributed by atoms with Gasteiger partial charge in [-0.2, -0.15) is 0 Å². The average Bonchev–Trinajstić information content (AvgIpc) is 3.16. The number of carbonyl (C=O) groups is 2. The number of hydrogen-bond donors (Lipinski definition) is 2. The Hall–Kier alpha value is -2.31. The minimum atomic E-state index is -0.454. The van der Waals surface area contributed by atoms with Crippen LogP contribution in [-0.4, -0.2) is 47.2 Å². The summed E-state index contributed by atoms with van der Waals surface area (Å²) in [7, 11) is 0. The summed E-state index contributed by atoms with van der Waals surface area (Å²) in [5, 5.41) is 5.83. The fourth-order valence-corrected chi connectivity index (χ4v) is 4.05. The molecule has 2 fully saturated rings. The normalized spacial score (nSPS) is 24.4. The highest BCUT2D eigenvalue weighted by Crippen LogP contribution is 2.41. The maximum atomic E-state index is 12.2. The van der Waals surface area contributed by atoms with Crippen LogP contribution in [0.25, 0.3) is 0 Å². The van der Waals surface area contributed by atoms with E-state index in [2.05, 4.69) is 15.6 Å². The maximum Gasteiger partial charge on any atom is 0.410 e. The van der Waals surface area contributed by atoms with Crippen molar-refractivity contribution in [3.63, 3.8) is 0 Å². The zero-order chi connectivity index (χ0) is 19.4. The van der Waals surface area contributed by atoms with Crippen LogP contribution in [0.5, 0.6) is 0 Å². The Bertz CT molecular complexity index is 645. The van der Waals surface area contributed by atoms with Crippen molar-refractivity contribution in [2.45, 2.75) is 45.8 Å². The Kier molecular flexibility index (Phi) is 5.87. The van der Waals surface area contributed by atoms with Crippen LogP contribution in [-0.2, 0) is 11.3 Å². The number of hydrogen-bond acceptors (Lipinski definition) is 4. The standard InChI is InChI=1S/C20H30N4O3/c1-20(2,3)27-19(26)24-12-16-7-15(8-17(16)13-24)11-23-18(25)22-10-14-5-4-6-21-9-14/h4-6,9,15-17H,7-8,10-13H2,1-3H3,(H2,22,23,25). The number of rotatable bonds is 4. The number of carbonyl (C=O) groups excluding carboxylic acids is 2. The first-order valence-corrected chi connectivity index (χ1v) is 9.68. The summed E-state index contributed by atoms with van der Waals surface area (Å²) in [6.45, 7) is 8.36. The predicted octanol–water partition coefficient (Wildman–Crippen LogP) is 2.77. The number of aromatic nitrogens is 1. The number of fused-ring (bicyclic) bond motifs is 1. The molecule has 1 aliphatic heterocycles. The van der Waals surface area contributed by atoms with Gasteiger partial charge in [0.2, 0.25) is 0 Å². The molecule has 2 atom stereocenters. The van der Waals surface area contributed by atoms with Gasteiger partial charge in [-0.15, -0.1) is 0 Å². The van der Waals surface area contributed by atoms with Crippen molar-refractivity contribution in [2.24, 2.45) is 17.8 Å². The maximum absolute atomic E-state index is 12.2. The Morgan fingerprint density at radius 1 is 1.22 bits per heavy atom. The van der Waals surface area contributed by atoms with Crippen molar-refractivity contribution >= 4 is 12.1 Å². The topological polar surface area (TPSA) is 83.6 Å². The third-order valence-corrected chi connectivity index (χ3v) is 5.23. The highest BCUT2D eigenvalue weighted by molar-refractivity contribution is 5.73. The molecule has 1 aromatic rings. The molecule has 148 valence electrons. The molecule has 7 heteroatoms. The molecule has 0 radical (unpaired) electrons. The van der Waals surface area contributed by atoms with Crippen molar-refractivity contribution in [2.75, 3.05) is 19.6 Å². The molecule has 7 nitrogen and oxygen atoms in total. The van der Waals surface area contributed by atoms with Gasteiger partial charge in [0, 0.05) is 38.6 Å². The van der Waals surface area contributed by atoms with Crippen molar-refractivity contribution in [1.29, 1.82) is 0 Å². The Labute approximate surface area is 160 Å². The molecule has 1 aromatic heterocycles. The van der Waals surface area contributed by atoms with Gasteiger partial charge in [-0.25, -0.2) is 9.59 Å². The van der Waals surface area contributed by atoms with Crippen LogP contribution in [0.2, 0.25) is 0 Å². The van der Waals surface area contributed by atoms with Crippen molar-refractivity contribution in [3.05, 3.63) is 30.1 Å². The number of nitrogens with zero attached hydrogens (tertiary/aromatic N) is 2. The van der Waals surface area contributed by atoms with Gasteiger partial charge in [0.15, 0.2) is 0 Å². The van der Waals surface area contributed by atoms with E-state index in [0.29, 0.717) is 30.8 Å². The van der Waals surface area contributed by atoms with Crippen LogP contribution in [0, 0.1) is 17.8 Å². The Morgan fingerprint density at radius 2 is 1.93 bits per heavy atom. The fraction of sp³-hybridized carbons (Fsp3) is 0.650. The van der Waals surface area contributed by atoms with Gasteiger partial charge in [0.25, 0.3) is 0 Å². The van der Waals surface area contributed by atoms with Gasteiger partial charge in [-0.1, -0.05) is 6.07 Å². The minimum absolute atomic E-state index is 0.147. The lowest BCUT2D eigenvalue weighted by Crippen LogP contribution is -2.38. The lowest BCUT2D eigenvalue weighted by Gasteiger charge is -2.25. The largest absolute Gasteiger partial charge is 0.444 e. The molecular formula is C20H30N4O3. The second-order valence-corrected chi connectivity index (χ2v) is 8.67. The zero-order valence-corrected chi connectivity index (χ0v) is 16.4. The zero-order valence-electron chi connectivity index (χ0n) is 16.4. The average molecular weight is 374 g/mol. The van der Waals surface area contributed by atoms with Crippen LogP contribution in [0.15, 0.2) is 24.5 Å². The van der Waals surface area contributed by atoms with Crippen LogP contribution in [0.3, 0.4) is 0 Å². The van der Waals surface area contributed by atoms with Crippen molar-refractivity contribution in [1.82, 2.24) is 20.5 Å². The summed E-state index contributed by atoms with van der Waals surface area (Å²) < 4.78 is 5.47. The third kappa shape index (κ3) is 5.58. The van der Waals surface area contributed by atoms with Crippen LogP contribution < -0.4 is 10.6 Å². The SMILES string of the molecule is CC(C)(C)OC(=O)N1CC2CC(CNC(=O)NCc3cccnc3)CC2C1. The number of nitrogens with one attached hydrogen (secondary N) is 2. The van der Waals surface area contributed by atoms with E-state index in [1.54, 1.807) is 12.4 Å². The van der Waals surface area contributed by atoms with E-state index >= 15 is 0 Å². The highest BCUT2D eigenvalue weighted by atomic mass is 16.6. The number of pyridine rings is 1. The molecule has 2 N–H and O–H groups in total. The quantitative estimate of drug-likeness (QED) is 0.849. The molecule has 0 bridgehead atoms. The number of ether oxygens (including phenoxy) is 1. The number of amides is 3. The van der Waals surface area contributed by atoms with Crippen LogP contribution in [0.1, 0.15) is 39.2 Å². The second-order valence-electron chi connectivity index (χ2n) is 8.67. The first-order chi connectivity index (χ1) is 12.8. The molecule has 2 unspecified atom stereocenters. The Balaban J connectivity index is 1.36. The van der Waals surface area contributed by atoms with Gasteiger partial charge >= 0.3 is 12.1 Å². The van der Waals surface area contributed by atoms with E-state index in [4.69, 9.17) is 4.74 Å².